The van der Waals surface area contributed by atoms with Gasteiger partial charge in [-0.05, 0) is 45.2 Å². The first-order chi connectivity index (χ1) is 11.4. The largest absolute Gasteiger partial charge is 0.491 e. The predicted molar refractivity (Wildman–Crippen MR) is 90.2 cm³/mol. The molecule has 0 bridgehead atoms. The Morgan fingerprint density at radius 1 is 1.42 bits per heavy atom. The Labute approximate surface area is 142 Å². The fourth-order valence-corrected chi connectivity index (χ4v) is 3.10. The summed E-state index contributed by atoms with van der Waals surface area (Å²) in [5, 5.41) is 24.0. The van der Waals surface area contributed by atoms with E-state index < -0.39 is 11.0 Å². The number of hydrogen-bond donors (Lipinski definition) is 2. The third-order valence-corrected chi connectivity index (χ3v) is 4.08. The van der Waals surface area contributed by atoms with Gasteiger partial charge in [0.25, 0.3) is 5.69 Å². The first kappa shape index (κ1) is 18.6. The Bertz CT molecular complexity index is 529. The molecule has 0 saturated carbocycles. The summed E-state index contributed by atoms with van der Waals surface area (Å²) >= 11 is 0. The van der Waals surface area contributed by atoms with Crippen LogP contribution in [0.15, 0.2) is 24.3 Å². The summed E-state index contributed by atoms with van der Waals surface area (Å²) in [5.41, 5.74) is -0.0251. The van der Waals surface area contributed by atoms with Gasteiger partial charge in [-0.2, -0.15) is 0 Å². The molecule has 0 amide bonds. The molecule has 1 saturated heterocycles. The molecule has 1 aromatic rings. The van der Waals surface area contributed by atoms with Crippen LogP contribution in [0.4, 0.5) is 5.69 Å². The lowest BCUT2D eigenvalue weighted by atomic mass is 9.92. The number of benzene rings is 1. The summed E-state index contributed by atoms with van der Waals surface area (Å²) in [7, 11) is 0. The highest BCUT2D eigenvalue weighted by Gasteiger charge is 2.24. The van der Waals surface area contributed by atoms with E-state index in [4.69, 9.17) is 9.47 Å². The Kier molecular flexibility index (Phi) is 6.96. The number of aliphatic hydroxyl groups excluding tert-OH is 1. The number of aliphatic hydroxyl groups is 1. The maximum absolute atomic E-state index is 10.7. The van der Waals surface area contributed by atoms with Gasteiger partial charge in [-0.1, -0.05) is 6.07 Å². The second-order valence-corrected chi connectivity index (χ2v) is 6.47. The normalized spacial score (nSPS) is 25.2. The van der Waals surface area contributed by atoms with Crippen LogP contribution in [0.2, 0.25) is 0 Å². The van der Waals surface area contributed by atoms with Crippen molar-refractivity contribution in [3.8, 4) is 5.75 Å². The molecule has 7 nitrogen and oxygen atoms in total. The summed E-state index contributed by atoms with van der Waals surface area (Å²) < 4.78 is 11.1. The van der Waals surface area contributed by atoms with Gasteiger partial charge in [0.2, 0.25) is 0 Å². The van der Waals surface area contributed by atoms with Gasteiger partial charge in [0.05, 0.1) is 23.2 Å². The van der Waals surface area contributed by atoms with Crippen LogP contribution in [0.1, 0.15) is 26.7 Å². The average molecular weight is 338 g/mol. The summed E-state index contributed by atoms with van der Waals surface area (Å²) in [6.07, 6.45) is 1.94. The summed E-state index contributed by atoms with van der Waals surface area (Å²) in [6, 6.07) is 5.95. The number of ether oxygens (including phenoxy) is 2. The first-order valence-corrected chi connectivity index (χ1v) is 8.35. The lowest BCUT2D eigenvalue weighted by Crippen LogP contribution is -2.38. The zero-order chi connectivity index (χ0) is 17.5. The SMILES string of the molecule is CC1CC(CNCC(O)COc2cccc([N+](=O)[O-])c2)CC(C)O1. The highest BCUT2D eigenvalue weighted by molar-refractivity contribution is 5.37. The quantitative estimate of drug-likeness (QED) is 0.557. The Hall–Kier alpha value is -1.70. The smallest absolute Gasteiger partial charge is 0.273 e. The monoisotopic (exact) mass is 338 g/mol. The molecule has 0 aliphatic carbocycles. The van der Waals surface area contributed by atoms with E-state index in [1.54, 1.807) is 12.1 Å². The van der Waals surface area contributed by atoms with Gasteiger partial charge < -0.3 is 19.9 Å². The molecule has 134 valence electrons. The molecule has 0 aromatic heterocycles. The number of hydrogen-bond acceptors (Lipinski definition) is 6. The van der Waals surface area contributed by atoms with Gasteiger partial charge in [-0.15, -0.1) is 0 Å². The first-order valence-electron chi connectivity index (χ1n) is 8.35. The van der Waals surface area contributed by atoms with Crippen LogP contribution < -0.4 is 10.1 Å². The van der Waals surface area contributed by atoms with Gasteiger partial charge in [-0.25, -0.2) is 0 Å². The van der Waals surface area contributed by atoms with Crippen molar-refractivity contribution in [2.75, 3.05) is 19.7 Å². The van der Waals surface area contributed by atoms with E-state index in [1.807, 2.05) is 0 Å². The van der Waals surface area contributed by atoms with Crippen LogP contribution in [0.25, 0.3) is 0 Å². The van der Waals surface area contributed by atoms with E-state index in [-0.39, 0.29) is 24.5 Å². The number of non-ortho nitro benzene ring substituents is 1. The fraction of sp³-hybridized carbons (Fsp3) is 0.647. The van der Waals surface area contributed by atoms with Crippen LogP contribution in [-0.4, -0.2) is 48.0 Å². The van der Waals surface area contributed by atoms with E-state index in [0.29, 0.717) is 18.2 Å². The van der Waals surface area contributed by atoms with Crippen molar-refractivity contribution < 1.29 is 19.5 Å². The third kappa shape index (κ3) is 6.07. The minimum atomic E-state index is -0.668. The van der Waals surface area contributed by atoms with Crippen molar-refractivity contribution in [3.63, 3.8) is 0 Å². The lowest BCUT2D eigenvalue weighted by molar-refractivity contribution is -0.384. The van der Waals surface area contributed by atoms with Gasteiger partial charge in [0, 0.05) is 12.6 Å². The second kappa shape index (κ2) is 8.96. The standard InChI is InChI=1S/C17H26N2O5/c1-12-6-14(7-13(2)24-12)9-18-10-16(20)11-23-17-5-3-4-15(8-17)19(21)22/h3-5,8,12-14,16,18,20H,6-7,9-11H2,1-2H3. The Balaban J connectivity index is 1.67. The summed E-state index contributed by atoms with van der Waals surface area (Å²) in [6.45, 7) is 5.53. The van der Waals surface area contributed by atoms with Crippen LogP contribution >= 0.6 is 0 Å². The molecule has 1 fully saturated rings. The molecular formula is C17H26N2O5. The van der Waals surface area contributed by atoms with Crippen molar-refractivity contribution in [2.45, 2.75) is 45.0 Å². The van der Waals surface area contributed by atoms with E-state index in [2.05, 4.69) is 19.2 Å². The van der Waals surface area contributed by atoms with E-state index >= 15 is 0 Å². The van der Waals surface area contributed by atoms with E-state index in [0.717, 1.165) is 19.4 Å². The van der Waals surface area contributed by atoms with E-state index in [1.165, 1.54) is 12.1 Å². The molecule has 2 rings (SSSR count). The minimum Gasteiger partial charge on any atom is -0.491 e. The molecule has 7 heteroatoms. The Morgan fingerprint density at radius 2 is 2.12 bits per heavy atom. The zero-order valence-corrected chi connectivity index (χ0v) is 14.2. The molecule has 1 aliphatic rings. The molecule has 1 heterocycles. The summed E-state index contributed by atoms with van der Waals surface area (Å²) in [4.78, 5) is 10.2. The van der Waals surface area contributed by atoms with Crippen LogP contribution in [0.3, 0.4) is 0 Å². The van der Waals surface area contributed by atoms with Crippen molar-refractivity contribution in [2.24, 2.45) is 5.92 Å². The zero-order valence-electron chi connectivity index (χ0n) is 14.2. The molecule has 1 aromatic carbocycles. The van der Waals surface area contributed by atoms with Crippen molar-refractivity contribution >= 4 is 5.69 Å². The maximum Gasteiger partial charge on any atom is 0.273 e. The fourth-order valence-electron chi connectivity index (χ4n) is 3.10. The highest BCUT2D eigenvalue weighted by Crippen LogP contribution is 2.24. The minimum absolute atomic E-state index is 0.0251. The number of nitro groups is 1. The Morgan fingerprint density at radius 3 is 2.79 bits per heavy atom. The van der Waals surface area contributed by atoms with Gasteiger partial charge in [0.15, 0.2) is 0 Å². The number of nitrogens with zero attached hydrogens (tertiary/aromatic N) is 1. The molecule has 0 radical (unpaired) electrons. The number of rotatable bonds is 8. The van der Waals surface area contributed by atoms with Crippen molar-refractivity contribution in [3.05, 3.63) is 34.4 Å². The highest BCUT2D eigenvalue weighted by atomic mass is 16.6. The van der Waals surface area contributed by atoms with Gasteiger partial charge in [0.1, 0.15) is 18.5 Å². The summed E-state index contributed by atoms with van der Waals surface area (Å²) in [5.74, 6) is 0.934. The molecule has 0 spiro atoms. The number of nitrogens with one attached hydrogen (secondary N) is 1. The average Bonchev–Trinajstić information content (AvgIpc) is 2.52. The lowest BCUT2D eigenvalue weighted by Gasteiger charge is -2.32. The molecule has 3 unspecified atom stereocenters. The van der Waals surface area contributed by atoms with Crippen LogP contribution in [0.5, 0.6) is 5.75 Å². The third-order valence-electron chi connectivity index (χ3n) is 4.08. The van der Waals surface area contributed by atoms with Crippen LogP contribution in [0, 0.1) is 16.0 Å². The van der Waals surface area contributed by atoms with E-state index in [9.17, 15) is 15.2 Å². The van der Waals surface area contributed by atoms with Gasteiger partial charge in [-0.3, -0.25) is 10.1 Å². The van der Waals surface area contributed by atoms with Crippen molar-refractivity contribution in [1.29, 1.82) is 0 Å². The second-order valence-electron chi connectivity index (χ2n) is 6.47. The number of nitro benzene ring substituents is 1. The topological polar surface area (TPSA) is 93.9 Å². The van der Waals surface area contributed by atoms with Crippen LogP contribution in [-0.2, 0) is 4.74 Å². The van der Waals surface area contributed by atoms with Crippen molar-refractivity contribution in [1.82, 2.24) is 5.32 Å². The predicted octanol–water partition coefficient (Wildman–Crippen LogP) is 2.13. The molecule has 1 aliphatic heterocycles. The molecule has 2 N–H and O–H groups in total. The maximum atomic E-state index is 10.7. The van der Waals surface area contributed by atoms with Gasteiger partial charge >= 0.3 is 0 Å². The molecular weight excluding hydrogens is 312 g/mol. The molecule has 24 heavy (non-hydrogen) atoms. The molecule has 3 atom stereocenters.